The van der Waals surface area contributed by atoms with Crippen LogP contribution in [0.2, 0.25) is 5.02 Å². The van der Waals surface area contributed by atoms with Crippen molar-refractivity contribution in [2.75, 3.05) is 6.54 Å². The fraction of sp³-hybridized carbons (Fsp3) is 0.500. The molecule has 0 fully saturated rings. The minimum absolute atomic E-state index is 0.516. The van der Waals surface area contributed by atoms with Crippen LogP contribution in [0, 0.1) is 0 Å². The van der Waals surface area contributed by atoms with E-state index in [2.05, 4.69) is 24.4 Å². The SMILES string of the molecule is CCNC1CCCc2c(Cl)cccc21. The molecule has 0 aliphatic heterocycles. The summed E-state index contributed by atoms with van der Waals surface area (Å²) < 4.78 is 0. The van der Waals surface area contributed by atoms with Crippen LogP contribution in [0.3, 0.4) is 0 Å². The maximum Gasteiger partial charge on any atom is 0.0441 e. The van der Waals surface area contributed by atoms with E-state index in [1.54, 1.807) is 0 Å². The van der Waals surface area contributed by atoms with Crippen molar-refractivity contribution in [3.8, 4) is 0 Å². The normalized spacial score (nSPS) is 20.6. The van der Waals surface area contributed by atoms with Gasteiger partial charge in [-0.15, -0.1) is 0 Å². The summed E-state index contributed by atoms with van der Waals surface area (Å²) in [6.07, 6.45) is 3.62. The molecule has 0 saturated carbocycles. The number of rotatable bonds is 2. The van der Waals surface area contributed by atoms with Crippen molar-refractivity contribution in [3.63, 3.8) is 0 Å². The van der Waals surface area contributed by atoms with Gasteiger partial charge in [0, 0.05) is 11.1 Å². The van der Waals surface area contributed by atoms with Gasteiger partial charge in [-0.2, -0.15) is 0 Å². The molecule has 1 unspecified atom stereocenters. The summed E-state index contributed by atoms with van der Waals surface area (Å²) >= 11 is 6.18. The monoisotopic (exact) mass is 209 g/mol. The Morgan fingerprint density at radius 2 is 2.36 bits per heavy atom. The van der Waals surface area contributed by atoms with Gasteiger partial charge in [-0.1, -0.05) is 30.7 Å². The van der Waals surface area contributed by atoms with Gasteiger partial charge in [0.2, 0.25) is 0 Å². The number of hydrogen-bond acceptors (Lipinski definition) is 1. The van der Waals surface area contributed by atoms with Gasteiger partial charge in [-0.05, 0) is 43.0 Å². The van der Waals surface area contributed by atoms with Crippen molar-refractivity contribution in [2.24, 2.45) is 0 Å². The second kappa shape index (κ2) is 4.33. The van der Waals surface area contributed by atoms with Crippen LogP contribution < -0.4 is 5.32 Å². The Morgan fingerprint density at radius 1 is 1.50 bits per heavy atom. The lowest BCUT2D eigenvalue weighted by Crippen LogP contribution is -2.24. The first-order valence-electron chi connectivity index (χ1n) is 5.33. The van der Waals surface area contributed by atoms with E-state index in [1.807, 2.05) is 6.07 Å². The largest absolute Gasteiger partial charge is 0.310 e. The molecule has 1 nitrogen and oxygen atoms in total. The molecule has 2 heteroatoms. The molecule has 0 saturated heterocycles. The molecule has 76 valence electrons. The maximum absolute atomic E-state index is 6.18. The Morgan fingerprint density at radius 3 is 3.14 bits per heavy atom. The molecule has 1 aliphatic carbocycles. The predicted molar refractivity (Wildman–Crippen MR) is 60.8 cm³/mol. The van der Waals surface area contributed by atoms with E-state index in [4.69, 9.17) is 11.6 Å². The van der Waals surface area contributed by atoms with Crippen LogP contribution in [-0.4, -0.2) is 6.54 Å². The molecule has 1 aromatic rings. The summed E-state index contributed by atoms with van der Waals surface area (Å²) in [6.45, 7) is 3.18. The predicted octanol–water partition coefficient (Wildman–Crippen LogP) is 3.33. The molecule has 14 heavy (non-hydrogen) atoms. The van der Waals surface area contributed by atoms with Crippen LogP contribution in [0.15, 0.2) is 18.2 Å². The van der Waals surface area contributed by atoms with E-state index < -0.39 is 0 Å². The molecule has 0 bridgehead atoms. The fourth-order valence-electron chi connectivity index (χ4n) is 2.26. The van der Waals surface area contributed by atoms with Crippen molar-refractivity contribution in [3.05, 3.63) is 34.3 Å². The van der Waals surface area contributed by atoms with Crippen LogP contribution in [0.5, 0.6) is 0 Å². The Labute approximate surface area is 90.5 Å². The Balaban J connectivity index is 2.34. The second-order valence-corrected chi connectivity index (χ2v) is 4.22. The van der Waals surface area contributed by atoms with E-state index in [0.29, 0.717) is 6.04 Å². The first kappa shape index (κ1) is 10.0. The van der Waals surface area contributed by atoms with Crippen molar-refractivity contribution < 1.29 is 0 Å². The van der Waals surface area contributed by atoms with Gasteiger partial charge in [0.15, 0.2) is 0 Å². The second-order valence-electron chi connectivity index (χ2n) is 3.81. The zero-order valence-corrected chi connectivity index (χ0v) is 9.27. The third-order valence-corrected chi connectivity index (χ3v) is 3.25. The molecule has 1 atom stereocenters. The van der Waals surface area contributed by atoms with E-state index in [1.165, 1.54) is 24.0 Å². The summed E-state index contributed by atoms with van der Waals surface area (Å²) in [5, 5.41) is 4.44. The quantitative estimate of drug-likeness (QED) is 0.788. The summed E-state index contributed by atoms with van der Waals surface area (Å²) in [7, 11) is 0. The standard InChI is InChI=1S/C12H16ClN/c1-2-14-12-8-4-5-9-10(12)6-3-7-11(9)13/h3,6-7,12,14H,2,4-5,8H2,1H3. The van der Waals surface area contributed by atoms with Gasteiger partial charge >= 0.3 is 0 Å². The highest BCUT2D eigenvalue weighted by molar-refractivity contribution is 6.31. The van der Waals surface area contributed by atoms with Crippen molar-refractivity contribution >= 4 is 11.6 Å². The first-order valence-corrected chi connectivity index (χ1v) is 5.71. The van der Waals surface area contributed by atoms with Gasteiger partial charge in [0.05, 0.1) is 0 Å². The van der Waals surface area contributed by atoms with Gasteiger partial charge < -0.3 is 5.32 Å². The van der Waals surface area contributed by atoms with Crippen LogP contribution >= 0.6 is 11.6 Å². The molecular formula is C12H16ClN. The highest BCUT2D eigenvalue weighted by Crippen LogP contribution is 2.33. The molecule has 1 aromatic carbocycles. The molecule has 1 N–H and O–H groups in total. The van der Waals surface area contributed by atoms with E-state index in [-0.39, 0.29) is 0 Å². The third kappa shape index (κ3) is 1.79. The van der Waals surface area contributed by atoms with Crippen molar-refractivity contribution in [1.29, 1.82) is 0 Å². The minimum Gasteiger partial charge on any atom is -0.310 e. The number of nitrogens with one attached hydrogen (secondary N) is 1. The molecule has 1 aliphatic rings. The van der Waals surface area contributed by atoms with E-state index in [0.717, 1.165) is 18.0 Å². The summed E-state index contributed by atoms with van der Waals surface area (Å²) in [5.41, 5.74) is 2.76. The fourth-order valence-corrected chi connectivity index (χ4v) is 2.54. The Hall–Kier alpha value is -0.530. The molecule has 0 heterocycles. The maximum atomic E-state index is 6.18. The average molecular weight is 210 g/mol. The zero-order valence-electron chi connectivity index (χ0n) is 8.52. The van der Waals surface area contributed by atoms with Crippen LogP contribution in [0.1, 0.15) is 36.9 Å². The summed E-state index contributed by atoms with van der Waals surface area (Å²) in [6, 6.07) is 6.77. The third-order valence-electron chi connectivity index (χ3n) is 2.90. The van der Waals surface area contributed by atoms with Crippen molar-refractivity contribution in [1.82, 2.24) is 5.32 Å². The number of fused-ring (bicyclic) bond motifs is 1. The number of halogens is 1. The minimum atomic E-state index is 0.516. The zero-order chi connectivity index (χ0) is 9.97. The topological polar surface area (TPSA) is 12.0 Å². The lowest BCUT2D eigenvalue weighted by Gasteiger charge is -2.26. The smallest absolute Gasteiger partial charge is 0.0441 e. The van der Waals surface area contributed by atoms with Crippen LogP contribution in [0.25, 0.3) is 0 Å². The summed E-state index contributed by atoms with van der Waals surface area (Å²) in [5.74, 6) is 0. The molecule has 0 amide bonds. The van der Waals surface area contributed by atoms with E-state index >= 15 is 0 Å². The number of hydrogen-bond donors (Lipinski definition) is 1. The molecule has 0 radical (unpaired) electrons. The highest BCUT2D eigenvalue weighted by Gasteiger charge is 2.20. The van der Waals surface area contributed by atoms with Gasteiger partial charge in [0.25, 0.3) is 0 Å². The van der Waals surface area contributed by atoms with Crippen LogP contribution in [-0.2, 0) is 6.42 Å². The van der Waals surface area contributed by atoms with E-state index in [9.17, 15) is 0 Å². The first-order chi connectivity index (χ1) is 6.83. The molecular weight excluding hydrogens is 194 g/mol. The van der Waals surface area contributed by atoms with Crippen molar-refractivity contribution in [2.45, 2.75) is 32.2 Å². The average Bonchev–Trinajstić information content (AvgIpc) is 2.20. The van der Waals surface area contributed by atoms with Gasteiger partial charge in [0.1, 0.15) is 0 Å². The Bertz CT molecular complexity index is 322. The number of benzene rings is 1. The van der Waals surface area contributed by atoms with Gasteiger partial charge in [-0.3, -0.25) is 0 Å². The van der Waals surface area contributed by atoms with Gasteiger partial charge in [-0.25, -0.2) is 0 Å². The molecule has 0 aromatic heterocycles. The molecule has 0 spiro atoms. The lowest BCUT2D eigenvalue weighted by atomic mass is 9.87. The molecule has 2 rings (SSSR count). The van der Waals surface area contributed by atoms with Crippen LogP contribution in [0.4, 0.5) is 0 Å². The highest BCUT2D eigenvalue weighted by atomic mass is 35.5. The summed E-state index contributed by atoms with van der Waals surface area (Å²) in [4.78, 5) is 0. The lowest BCUT2D eigenvalue weighted by molar-refractivity contribution is 0.472. The Kier molecular flexibility index (Phi) is 3.09.